The number of carbonyl (C=O) groups is 3. The third-order valence-electron chi connectivity index (χ3n) is 6.13. The number of sulfone groups is 1. The Kier molecular flexibility index (Phi) is 6.60. The van der Waals surface area contributed by atoms with Gasteiger partial charge in [-0.1, -0.05) is 12.1 Å². The summed E-state index contributed by atoms with van der Waals surface area (Å²) >= 11 is 0. The van der Waals surface area contributed by atoms with E-state index in [2.05, 4.69) is 5.32 Å². The molecule has 1 saturated heterocycles. The van der Waals surface area contributed by atoms with Crippen molar-refractivity contribution in [2.75, 3.05) is 31.1 Å². The number of nitrogens with zero attached hydrogens (tertiary/aromatic N) is 2. The summed E-state index contributed by atoms with van der Waals surface area (Å²) in [6, 6.07) is 10.3. The number of fused-ring (bicyclic) bond motifs is 2. The van der Waals surface area contributed by atoms with Crippen LogP contribution >= 0.6 is 0 Å². The molecule has 0 spiro atoms. The van der Waals surface area contributed by atoms with Crippen molar-refractivity contribution in [2.45, 2.75) is 42.5 Å². The Hall–Kier alpha value is -3.40. The van der Waals surface area contributed by atoms with E-state index in [0.29, 0.717) is 32.5 Å². The number of ether oxygens (including phenoxy) is 1. The number of anilines is 1. The van der Waals surface area contributed by atoms with E-state index in [1.165, 1.54) is 35.2 Å². The van der Waals surface area contributed by atoms with Crippen LogP contribution in [0, 0.1) is 0 Å². The minimum atomic E-state index is -3.95. The molecule has 2 aromatic carbocycles. The van der Waals surface area contributed by atoms with Gasteiger partial charge in [-0.3, -0.25) is 9.59 Å². The molecule has 10 heteroatoms. The van der Waals surface area contributed by atoms with Crippen molar-refractivity contribution in [3.05, 3.63) is 53.6 Å². The van der Waals surface area contributed by atoms with Crippen LogP contribution < -0.4 is 10.2 Å². The molecule has 180 valence electrons. The van der Waals surface area contributed by atoms with Gasteiger partial charge in [-0.2, -0.15) is 0 Å². The quantitative estimate of drug-likeness (QED) is 0.713. The van der Waals surface area contributed by atoms with E-state index in [0.717, 1.165) is 0 Å². The average molecular weight is 486 g/mol. The summed E-state index contributed by atoms with van der Waals surface area (Å²) in [5.74, 6) is -0.788. The number of rotatable bonds is 4. The van der Waals surface area contributed by atoms with E-state index in [1.54, 1.807) is 30.9 Å². The minimum Gasteiger partial charge on any atom is -0.450 e. The van der Waals surface area contributed by atoms with Gasteiger partial charge in [-0.05, 0) is 57.0 Å². The number of piperidine rings is 1. The molecule has 2 aliphatic heterocycles. The second kappa shape index (κ2) is 9.46. The lowest BCUT2D eigenvalue weighted by atomic mass is 10.0. The third-order valence-corrected chi connectivity index (χ3v) is 7.99. The summed E-state index contributed by atoms with van der Waals surface area (Å²) in [4.78, 5) is 41.0. The van der Waals surface area contributed by atoms with Crippen LogP contribution in [0.2, 0.25) is 0 Å². The Morgan fingerprint density at radius 1 is 1.06 bits per heavy atom. The highest BCUT2D eigenvalue weighted by Crippen LogP contribution is 2.37. The van der Waals surface area contributed by atoms with Crippen LogP contribution in [0.25, 0.3) is 0 Å². The maximum absolute atomic E-state index is 13.3. The Morgan fingerprint density at radius 2 is 1.76 bits per heavy atom. The highest BCUT2D eigenvalue weighted by Gasteiger charge is 2.35. The standard InChI is InChI=1S/C24H27N3O6S/c1-3-27-19-15-16(22(28)25-17-11-13-26(14-12-17)24(30)33-4-2)9-10-21(19)34(31,32)20-8-6-5-7-18(20)23(27)29/h5-10,15,17H,3-4,11-14H2,1-2H3,(H,25,28). The molecule has 1 fully saturated rings. The van der Waals surface area contributed by atoms with Crippen molar-refractivity contribution in [2.24, 2.45) is 0 Å². The fraction of sp³-hybridized carbons (Fsp3) is 0.375. The van der Waals surface area contributed by atoms with Crippen LogP contribution in [0.4, 0.5) is 10.5 Å². The molecule has 0 atom stereocenters. The first-order valence-electron chi connectivity index (χ1n) is 11.3. The Bertz CT molecular complexity index is 1240. The Balaban J connectivity index is 1.58. The number of benzene rings is 2. The summed E-state index contributed by atoms with van der Waals surface area (Å²) in [6.45, 7) is 5.01. The zero-order chi connectivity index (χ0) is 24.5. The maximum Gasteiger partial charge on any atom is 0.409 e. The van der Waals surface area contributed by atoms with Gasteiger partial charge >= 0.3 is 6.09 Å². The van der Waals surface area contributed by atoms with Crippen molar-refractivity contribution in [1.29, 1.82) is 0 Å². The van der Waals surface area contributed by atoms with E-state index in [9.17, 15) is 22.8 Å². The minimum absolute atomic E-state index is 0.00746. The van der Waals surface area contributed by atoms with Crippen LogP contribution in [-0.2, 0) is 14.6 Å². The molecule has 0 unspecified atom stereocenters. The number of hydrogen-bond donors (Lipinski definition) is 1. The van der Waals surface area contributed by atoms with Gasteiger partial charge in [0.05, 0.1) is 27.6 Å². The molecule has 0 saturated carbocycles. The fourth-order valence-electron chi connectivity index (χ4n) is 4.35. The maximum atomic E-state index is 13.3. The molecule has 2 heterocycles. The molecule has 0 bridgehead atoms. The zero-order valence-electron chi connectivity index (χ0n) is 19.1. The first-order valence-corrected chi connectivity index (χ1v) is 12.8. The van der Waals surface area contributed by atoms with Crippen LogP contribution in [0.1, 0.15) is 47.4 Å². The van der Waals surface area contributed by atoms with Crippen LogP contribution in [-0.4, -0.2) is 63.5 Å². The summed E-state index contributed by atoms with van der Waals surface area (Å²) < 4.78 is 31.7. The molecule has 0 aromatic heterocycles. The molecule has 2 aliphatic rings. The van der Waals surface area contributed by atoms with Gasteiger partial charge in [-0.15, -0.1) is 0 Å². The molecule has 1 N–H and O–H groups in total. The summed E-state index contributed by atoms with van der Waals surface area (Å²) in [5, 5.41) is 2.96. The normalized spacial score (nSPS) is 17.4. The van der Waals surface area contributed by atoms with Gasteiger partial charge < -0.3 is 19.9 Å². The number of amides is 3. The fourth-order valence-corrected chi connectivity index (χ4v) is 5.98. The topological polar surface area (TPSA) is 113 Å². The van der Waals surface area contributed by atoms with Crippen LogP contribution in [0.3, 0.4) is 0 Å². The number of hydrogen-bond acceptors (Lipinski definition) is 6. The molecular formula is C24H27N3O6S. The average Bonchev–Trinajstić information content (AvgIpc) is 2.91. The largest absolute Gasteiger partial charge is 0.450 e. The van der Waals surface area contributed by atoms with Crippen molar-refractivity contribution in [3.8, 4) is 0 Å². The second-order valence-corrected chi connectivity index (χ2v) is 10.1. The summed E-state index contributed by atoms with van der Waals surface area (Å²) in [6.07, 6.45) is 0.807. The first kappa shape index (κ1) is 23.7. The van der Waals surface area contributed by atoms with Crippen molar-refractivity contribution in [3.63, 3.8) is 0 Å². The zero-order valence-corrected chi connectivity index (χ0v) is 19.9. The van der Waals surface area contributed by atoms with Gasteiger partial charge in [0, 0.05) is 31.2 Å². The van der Waals surface area contributed by atoms with E-state index in [1.807, 2.05) is 0 Å². The van der Waals surface area contributed by atoms with Crippen molar-refractivity contribution < 1.29 is 27.5 Å². The summed E-state index contributed by atoms with van der Waals surface area (Å²) in [7, 11) is -3.95. The van der Waals surface area contributed by atoms with Gasteiger partial charge in [0.25, 0.3) is 11.8 Å². The lowest BCUT2D eigenvalue weighted by molar-refractivity contribution is 0.0858. The van der Waals surface area contributed by atoms with E-state index < -0.39 is 15.7 Å². The lowest BCUT2D eigenvalue weighted by Gasteiger charge is -2.31. The molecule has 0 radical (unpaired) electrons. The van der Waals surface area contributed by atoms with E-state index in [-0.39, 0.29) is 51.2 Å². The molecule has 34 heavy (non-hydrogen) atoms. The van der Waals surface area contributed by atoms with Gasteiger partial charge in [0.15, 0.2) is 0 Å². The Labute approximate surface area is 198 Å². The molecule has 4 rings (SSSR count). The lowest BCUT2D eigenvalue weighted by Crippen LogP contribution is -2.46. The summed E-state index contributed by atoms with van der Waals surface area (Å²) in [5.41, 5.74) is 0.562. The highest BCUT2D eigenvalue weighted by molar-refractivity contribution is 7.91. The predicted molar refractivity (Wildman–Crippen MR) is 125 cm³/mol. The Morgan fingerprint density at radius 3 is 2.44 bits per heavy atom. The van der Waals surface area contributed by atoms with E-state index in [4.69, 9.17) is 4.74 Å². The van der Waals surface area contributed by atoms with Crippen molar-refractivity contribution in [1.82, 2.24) is 10.2 Å². The predicted octanol–water partition coefficient (Wildman–Crippen LogP) is 2.85. The smallest absolute Gasteiger partial charge is 0.409 e. The number of nitrogens with one attached hydrogen (secondary N) is 1. The molecule has 2 aromatic rings. The second-order valence-electron chi connectivity index (χ2n) is 8.17. The molecular weight excluding hydrogens is 458 g/mol. The van der Waals surface area contributed by atoms with Crippen LogP contribution in [0.15, 0.2) is 52.3 Å². The molecule has 3 amide bonds. The third kappa shape index (κ3) is 4.25. The first-order chi connectivity index (χ1) is 16.3. The number of carbonyl (C=O) groups excluding carboxylic acids is 3. The monoisotopic (exact) mass is 485 g/mol. The van der Waals surface area contributed by atoms with Gasteiger partial charge in [0.1, 0.15) is 0 Å². The SMILES string of the molecule is CCOC(=O)N1CCC(NC(=O)c2ccc3c(c2)N(CC)C(=O)c2ccccc2S3(=O)=O)CC1. The molecule has 9 nitrogen and oxygen atoms in total. The van der Waals surface area contributed by atoms with Crippen molar-refractivity contribution >= 4 is 33.4 Å². The van der Waals surface area contributed by atoms with Crippen LogP contribution in [0.5, 0.6) is 0 Å². The molecule has 0 aliphatic carbocycles. The van der Waals surface area contributed by atoms with E-state index >= 15 is 0 Å². The highest BCUT2D eigenvalue weighted by atomic mass is 32.2. The van der Waals surface area contributed by atoms with Gasteiger partial charge in [-0.25, -0.2) is 13.2 Å². The number of likely N-dealkylation sites (tertiary alicyclic amines) is 1. The van der Waals surface area contributed by atoms with Gasteiger partial charge in [0.2, 0.25) is 9.84 Å².